The quantitative estimate of drug-likeness (QED) is 0.902. The summed E-state index contributed by atoms with van der Waals surface area (Å²) in [5.41, 5.74) is 2.48. The van der Waals surface area contributed by atoms with E-state index < -0.39 is 0 Å². The molecule has 19 heavy (non-hydrogen) atoms. The minimum atomic E-state index is 0.661. The standard InChI is InChI=1S/C17H19NO/c1-2-4-15(5-3-1)16-6-8-17(9-7-16)19-13-14-10-11-18-12-14/h1-9,14,18H,10-13H2. The van der Waals surface area contributed by atoms with Crippen LogP contribution in [0.3, 0.4) is 0 Å². The third-order valence-electron chi connectivity index (χ3n) is 3.61. The zero-order valence-corrected chi connectivity index (χ0v) is 11.0. The monoisotopic (exact) mass is 253 g/mol. The summed E-state index contributed by atoms with van der Waals surface area (Å²) in [5.74, 6) is 1.63. The van der Waals surface area contributed by atoms with E-state index in [9.17, 15) is 0 Å². The molecular formula is C17H19NO. The first-order valence-corrected chi connectivity index (χ1v) is 6.91. The lowest BCUT2D eigenvalue weighted by molar-refractivity contribution is 0.260. The van der Waals surface area contributed by atoms with Gasteiger partial charge in [-0.3, -0.25) is 0 Å². The Bertz CT molecular complexity index is 501. The van der Waals surface area contributed by atoms with Crippen LogP contribution in [0.15, 0.2) is 54.6 Å². The van der Waals surface area contributed by atoms with Gasteiger partial charge in [-0.25, -0.2) is 0 Å². The molecule has 1 saturated heterocycles. The maximum atomic E-state index is 5.84. The summed E-state index contributed by atoms with van der Waals surface area (Å²) in [6.45, 7) is 3.03. The molecule has 0 bridgehead atoms. The lowest BCUT2D eigenvalue weighted by Gasteiger charge is -2.11. The molecule has 1 aliphatic rings. The average Bonchev–Trinajstić information content (AvgIpc) is 3.00. The van der Waals surface area contributed by atoms with Crippen molar-refractivity contribution in [3.05, 3.63) is 54.6 Å². The maximum absolute atomic E-state index is 5.84. The van der Waals surface area contributed by atoms with E-state index in [2.05, 4.69) is 53.8 Å². The van der Waals surface area contributed by atoms with E-state index in [0.29, 0.717) is 5.92 Å². The van der Waals surface area contributed by atoms with E-state index in [1.807, 2.05) is 6.07 Å². The summed E-state index contributed by atoms with van der Waals surface area (Å²) in [5, 5.41) is 3.36. The highest BCUT2D eigenvalue weighted by Gasteiger charge is 2.14. The molecule has 2 heteroatoms. The highest BCUT2D eigenvalue weighted by molar-refractivity contribution is 5.63. The molecule has 0 aromatic heterocycles. The Hall–Kier alpha value is -1.80. The second-order valence-corrected chi connectivity index (χ2v) is 5.06. The van der Waals surface area contributed by atoms with Gasteiger partial charge >= 0.3 is 0 Å². The summed E-state index contributed by atoms with van der Waals surface area (Å²) < 4.78 is 5.84. The molecule has 2 aromatic rings. The highest BCUT2D eigenvalue weighted by atomic mass is 16.5. The molecule has 98 valence electrons. The Morgan fingerprint density at radius 3 is 2.37 bits per heavy atom. The second kappa shape index (κ2) is 5.89. The summed E-state index contributed by atoms with van der Waals surface area (Å²) in [7, 11) is 0. The van der Waals surface area contributed by atoms with Gasteiger partial charge in [-0.05, 0) is 36.2 Å². The lowest BCUT2D eigenvalue weighted by atomic mass is 10.1. The van der Waals surface area contributed by atoms with Gasteiger partial charge < -0.3 is 10.1 Å². The van der Waals surface area contributed by atoms with Crippen LogP contribution in [0.25, 0.3) is 11.1 Å². The van der Waals surface area contributed by atoms with E-state index in [4.69, 9.17) is 4.74 Å². The topological polar surface area (TPSA) is 21.3 Å². The summed E-state index contributed by atoms with van der Waals surface area (Å²) in [6.07, 6.45) is 1.22. The Morgan fingerprint density at radius 1 is 0.947 bits per heavy atom. The van der Waals surface area contributed by atoms with Gasteiger partial charge in [-0.2, -0.15) is 0 Å². The number of hydrogen-bond acceptors (Lipinski definition) is 2. The number of nitrogens with one attached hydrogen (secondary N) is 1. The first-order valence-electron chi connectivity index (χ1n) is 6.91. The zero-order valence-electron chi connectivity index (χ0n) is 11.0. The van der Waals surface area contributed by atoms with Crippen LogP contribution < -0.4 is 10.1 Å². The van der Waals surface area contributed by atoms with Crippen LogP contribution in [0, 0.1) is 5.92 Å². The molecule has 0 radical (unpaired) electrons. The van der Waals surface area contributed by atoms with Crippen LogP contribution in [0.1, 0.15) is 6.42 Å². The van der Waals surface area contributed by atoms with Gasteiger partial charge in [0.2, 0.25) is 0 Å². The van der Waals surface area contributed by atoms with Crippen LogP contribution in [0.4, 0.5) is 0 Å². The molecule has 0 spiro atoms. The molecule has 1 aliphatic heterocycles. The fourth-order valence-corrected chi connectivity index (χ4v) is 2.44. The first kappa shape index (κ1) is 12.2. The molecule has 2 aromatic carbocycles. The van der Waals surface area contributed by atoms with Crippen molar-refractivity contribution in [1.82, 2.24) is 5.32 Å². The minimum Gasteiger partial charge on any atom is -0.493 e. The van der Waals surface area contributed by atoms with Gasteiger partial charge in [-0.15, -0.1) is 0 Å². The van der Waals surface area contributed by atoms with E-state index in [-0.39, 0.29) is 0 Å². The Kier molecular flexibility index (Phi) is 3.80. The minimum absolute atomic E-state index is 0.661. The average molecular weight is 253 g/mol. The molecule has 3 rings (SSSR count). The SMILES string of the molecule is c1ccc(-c2ccc(OCC3CCNC3)cc2)cc1. The van der Waals surface area contributed by atoms with E-state index in [1.165, 1.54) is 17.5 Å². The third kappa shape index (κ3) is 3.15. The van der Waals surface area contributed by atoms with Crippen molar-refractivity contribution in [2.24, 2.45) is 5.92 Å². The number of hydrogen-bond donors (Lipinski definition) is 1. The van der Waals surface area contributed by atoms with Crippen molar-refractivity contribution >= 4 is 0 Å². The molecule has 1 heterocycles. The molecule has 1 unspecified atom stereocenters. The van der Waals surface area contributed by atoms with Crippen molar-refractivity contribution in [3.63, 3.8) is 0 Å². The van der Waals surface area contributed by atoms with Crippen LogP contribution in [0.2, 0.25) is 0 Å². The summed E-state index contributed by atoms with van der Waals surface area (Å²) in [6, 6.07) is 18.8. The predicted molar refractivity (Wildman–Crippen MR) is 78.3 cm³/mol. The molecule has 0 amide bonds. The fraction of sp³-hybridized carbons (Fsp3) is 0.294. The Morgan fingerprint density at radius 2 is 1.68 bits per heavy atom. The first-order chi connectivity index (χ1) is 9.42. The molecule has 1 N–H and O–H groups in total. The van der Waals surface area contributed by atoms with Crippen molar-refractivity contribution in [1.29, 1.82) is 0 Å². The van der Waals surface area contributed by atoms with Gasteiger partial charge in [0.25, 0.3) is 0 Å². The lowest BCUT2D eigenvalue weighted by Crippen LogP contribution is -2.15. The van der Waals surface area contributed by atoms with E-state index in [0.717, 1.165) is 25.4 Å². The predicted octanol–water partition coefficient (Wildman–Crippen LogP) is 3.34. The van der Waals surface area contributed by atoms with E-state index >= 15 is 0 Å². The smallest absolute Gasteiger partial charge is 0.119 e. The number of rotatable bonds is 4. The van der Waals surface area contributed by atoms with Crippen LogP contribution >= 0.6 is 0 Å². The van der Waals surface area contributed by atoms with Crippen molar-refractivity contribution < 1.29 is 4.74 Å². The molecule has 0 aliphatic carbocycles. The maximum Gasteiger partial charge on any atom is 0.119 e. The van der Waals surface area contributed by atoms with Crippen LogP contribution in [0.5, 0.6) is 5.75 Å². The zero-order chi connectivity index (χ0) is 12.9. The molecule has 1 fully saturated rings. The molecule has 0 saturated carbocycles. The molecule has 2 nitrogen and oxygen atoms in total. The Balaban J connectivity index is 1.62. The van der Waals surface area contributed by atoms with Crippen LogP contribution in [-0.4, -0.2) is 19.7 Å². The second-order valence-electron chi connectivity index (χ2n) is 5.06. The van der Waals surface area contributed by atoms with Crippen LogP contribution in [-0.2, 0) is 0 Å². The van der Waals surface area contributed by atoms with Gasteiger partial charge in [0.15, 0.2) is 0 Å². The summed E-state index contributed by atoms with van der Waals surface area (Å²) in [4.78, 5) is 0. The van der Waals surface area contributed by atoms with Gasteiger partial charge in [-0.1, -0.05) is 42.5 Å². The Labute approximate surface area is 114 Å². The van der Waals surface area contributed by atoms with Crippen molar-refractivity contribution in [2.45, 2.75) is 6.42 Å². The molecule has 1 atom stereocenters. The number of ether oxygens (including phenoxy) is 1. The summed E-state index contributed by atoms with van der Waals surface area (Å²) >= 11 is 0. The fourth-order valence-electron chi connectivity index (χ4n) is 2.44. The van der Waals surface area contributed by atoms with Gasteiger partial charge in [0.1, 0.15) is 5.75 Å². The van der Waals surface area contributed by atoms with Crippen molar-refractivity contribution in [2.75, 3.05) is 19.7 Å². The van der Waals surface area contributed by atoms with Gasteiger partial charge in [0.05, 0.1) is 6.61 Å². The van der Waals surface area contributed by atoms with E-state index in [1.54, 1.807) is 0 Å². The number of benzene rings is 2. The highest BCUT2D eigenvalue weighted by Crippen LogP contribution is 2.22. The van der Waals surface area contributed by atoms with Gasteiger partial charge in [0, 0.05) is 12.5 Å². The normalized spacial score (nSPS) is 18.4. The largest absolute Gasteiger partial charge is 0.493 e. The molecular weight excluding hydrogens is 234 g/mol. The van der Waals surface area contributed by atoms with Crippen molar-refractivity contribution in [3.8, 4) is 16.9 Å². The third-order valence-corrected chi connectivity index (χ3v) is 3.61.